The lowest BCUT2D eigenvalue weighted by Gasteiger charge is -2.27. The first-order valence-electron chi connectivity index (χ1n) is 4.74. The molecule has 0 aromatic carbocycles. The Kier molecular flexibility index (Phi) is 2.81. The van der Waals surface area contributed by atoms with Crippen LogP contribution < -0.4 is 0 Å². The van der Waals surface area contributed by atoms with Gasteiger partial charge in [-0.15, -0.1) is 0 Å². The molecule has 5 heteroatoms. The molecule has 0 saturated carbocycles. The molecule has 0 aliphatic carbocycles. The van der Waals surface area contributed by atoms with Crippen molar-refractivity contribution in [3.8, 4) is 0 Å². The highest BCUT2D eigenvalue weighted by Crippen LogP contribution is 2.32. The van der Waals surface area contributed by atoms with Gasteiger partial charge < -0.3 is 9.64 Å². The van der Waals surface area contributed by atoms with Crippen LogP contribution in [-0.2, 0) is 4.74 Å². The maximum Gasteiger partial charge on any atom is 0.165 e. The highest BCUT2D eigenvalue weighted by Gasteiger charge is 2.34. The fourth-order valence-corrected chi connectivity index (χ4v) is 2.72. The number of amidine groups is 1. The van der Waals surface area contributed by atoms with E-state index in [4.69, 9.17) is 17.0 Å². The standard InChI is InChI=1S/C9H14N2OS2/c1-9(2)7(13)14-8(10-9)11-3-5-12-6-4-11/h3-6H2,1-2H3. The Morgan fingerprint density at radius 2 is 2.07 bits per heavy atom. The van der Waals surface area contributed by atoms with E-state index in [1.807, 2.05) is 0 Å². The van der Waals surface area contributed by atoms with Gasteiger partial charge >= 0.3 is 0 Å². The number of rotatable bonds is 0. The predicted molar refractivity (Wildman–Crippen MR) is 64.1 cm³/mol. The SMILES string of the molecule is CC1(C)N=C(N2CCOCC2)SC1=S. The fourth-order valence-electron chi connectivity index (χ4n) is 1.41. The maximum atomic E-state index is 5.30. The summed E-state index contributed by atoms with van der Waals surface area (Å²) in [6.45, 7) is 7.60. The number of ether oxygens (including phenoxy) is 1. The molecule has 78 valence electrons. The summed E-state index contributed by atoms with van der Waals surface area (Å²) in [5.74, 6) is 0. The van der Waals surface area contributed by atoms with Crippen LogP contribution in [-0.4, -0.2) is 46.1 Å². The minimum atomic E-state index is -0.173. The molecule has 0 N–H and O–H groups in total. The molecule has 0 unspecified atom stereocenters. The Hall–Kier alpha value is -0.130. The second kappa shape index (κ2) is 3.79. The summed E-state index contributed by atoms with van der Waals surface area (Å²) < 4.78 is 6.27. The Labute approximate surface area is 93.9 Å². The van der Waals surface area contributed by atoms with E-state index in [1.54, 1.807) is 11.8 Å². The van der Waals surface area contributed by atoms with Crippen molar-refractivity contribution >= 4 is 33.3 Å². The van der Waals surface area contributed by atoms with Gasteiger partial charge in [0.25, 0.3) is 0 Å². The second-order valence-corrected chi connectivity index (χ2v) is 5.59. The molecule has 0 bridgehead atoms. The Bertz CT molecular complexity index is 283. The van der Waals surface area contributed by atoms with Gasteiger partial charge in [0.1, 0.15) is 0 Å². The highest BCUT2D eigenvalue weighted by molar-refractivity contribution is 8.33. The van der Waals surface area contributed by atoms with E-state index in [9.17, 15) is 0 Å². The average Bonchev–Trinajstić information content (AvgIpc) is 2.43. The van der Waals surface area contributed by atoms with Crippen LogP contribution in [0.1, 0.15) is 13.8 Å². The zero-order chi connectivity index (χ0) is 10.2. The van der Waals surface area contributed by atoms with E-state index < -0.39 is 0 Å². The van der Waals surface area contributed by atoms with Crippen LogP contribution in [0, 0.1) is 0 Å². The molecule has 0 radical (unpaired) electrons. The van der Waals surface area contributed by atoms with Crippen LogP contribution in [0.3, 0.4) is 0 Å². The predicted octanol–water partition coefficient (Wildman–Crippen LogP) is 1.53. The molecule has 3 nitrogen and oxygen atoms in total. The van der Waals surface area contributed by atoms with E-state index in [2.05, 4.69) is 23.7 Å². The number of hydrogen-bond acceptors (Lipinski definition) is 5. The number of morpholine rings is 1. The van der Waals surface area contributed by atoms with Crippen molar-refractivity contribution in [2.45, 2.75) is 19.4 Å². The average molecular weight is 230 g/mol. The van der Waals surface area contributed by atoms with Crippen LogP contribution in [0.2, 0.25) is 0 Å². The molecular formula is C9H14N2OS2. The van der Waals surface area contributed by atoms with Crippen molar-refractivity contribution in [2.75, 3.05) is 26.3 Å². The monoisotopic (exact) mass is 230 g/mol. The van der Waals surface area contributed by atoms with Crippen molar-refractivity contribution in [1.29, 1.82) is 0 Å². The van der Waals surface area contributed by atoms with Gasteiger partial charge in [0.2, 0.25) is 0 Å². The number of thiocarbonyl (C=S) groups is 1. The molecule has 0 aromatic rings. The van der Waals surface area contributed by atoms with Gasteiger partial charge in [0.05, 0.1) is 22.9 Å². The van der Waals surface area contributed by atoms with Crippen LogP contribution >= 0.6 is 24.0 Å². The van der Waals surface area contributed by atoms with Gasteiger partial charge in [0.15, 0.2) is 5.17 Å². The van der Waals surface area contributed by atoms with Gasteiger partial charge in [-0.3, -0.25) is 0 Å². The number of aliphatic imine (C=N–C) groups is 1. The summed E-state index contributed by atoms with van der Waals surface area (Å²) in [5, 5.41) is 1.07. The third-order valence-corrected chi connectivity index (χ3v) is 4.31. The molecule has 1 fully saturated rings. The molecule has 0 aromatic heterocycles. The lowest BCUT2D eigenvalue weighted by molar-refractivity contribution is 0.0692. The van der Waals surface area contributed by atoms with Crippen molar-refractivity contribution in [3.63, 3.8) is 0 Å². The first kappa shape index (κ1) is 10.4. The van der Waals surface area contributed by atoms with Crippen molar-refractivity contribution in [3.05, 3.63) is 0 Å². The van der Waals surface area contributed by atoms with Crippen molar-refractivity contribution in [2.24, 2.45) is 4.99 Å². The van der Waals surface area contributed by atoms with Gasteiger partial charge in [-0.2, -0.15) is 0 Å². The normalized spacial score (nSPS) is 26.6. The van der Waals surface area contributed by atoms with Gasteiger partial charge in [-0.1, -0.05) is 12.2 Å². The van der Waals surface area contributed by atoms with E-state index in [0.717, 1.165) is 35.7 Å². The summed E-state index contributed by atoms with van der Waals surface area (Å²) in [4.78, 5) is 6.89. The molecule has 0 atom stereocenters. The zero-order valence-corrected chi connectivity index (χ0v) is 10.1. The molecule has 2 heterocycles. The summed E-state index contributed by atoms with van der Waals surface area (Å²) in [5.41, 5.74) is -0.173. The lowest BCUT2D eigenvalue weighted by Crippen LogP contribution is -2.39. The van der Waals surface area contributed by atoms with Crippen molar-refractivity contribution < 1.29 is 4.74 Å². The summed E-state index contributed by atoms with van der Waals surface area (Å²) in [6.07, 6.45) is 0. The second-order valence-electron chi connectivity index (χ2n) is 3.94. The Morgan fingerprint density at radius 3 is 2.57 bits per heavy atom. The molecular weight excluding hydrogens is 216 g/mol. The number of thioether (sulfide) groups is 1. The molecule has 14 heavy (non-hydrogen) atoms. The largest absolute Gasteiger partial charge is 0.378 e. The Morgan fingerprint density at radius 1 is 1.43 bits per heavy atom. The summed E-state index contributed by atoms with van der Waals surface area (Å²) in [6, 6.07) is 0. The minimum absolute atomic E-state index is 0.173. The van der Waals surface area contributed by atoms with Crippen LogP contribution in [0.25, 0.3) is 0 Å². The van der Waals surface area contributed by atoms with E-state index in [-0.39, 0.29) is 5.54 Å². The molecule has 1 saturated heterocycles. The fraction of sp³-hybridized carbons (Fsp3) is 0.778. The summed E-state index contributed by atoms with van der Waals surface area (Å²) in [7, 11) is 0. The minimum Gasteiger partial charge on any atom is -0.378 e. The summed E-state index contributed by atoms with van der Waals surface area (Å²) >= 11 is 6.92. The van der Waals surface area contributed by atoms with E-state index in [1.165, 1.54) is 0 Å². The molecule has 2 rings (SSSR count). The molecule has 2 aliphatic heterocycles. The zero-order valence-electron chi connectivity index (χ0n) is 8.45. The quantitative estimate of drug-likeness (QED) is 0.589. The molecule has 0 spiro atoms. The number of nitrogens with zero attached hydrogens (tertiary/aromatic N) is 2. The first-order valence-corrected chi connectivity index (χ1v) is 5.97. The Balaban J connectivity index is 2.09. The van der Waals surface area contributed by atoms with E-state index in [0.29, 0.717) is 0 Å². The van der Waals surface area contributed by atoms with Crippen LogP contribution in [0.15, 0.2) is 4.99 Å². The van der Waals surface area contributed by atoms with Gasteiger partial charge in [-0.05, 0) is 25.6 Å². The highest BCUT2D eigenvalue weighted by atomic mass is 32.2. The van der Waals surface area contributed by atoms with Gasteiger partial charge in [0, 0.05) is 13.1 Å². The topological polar surface area (TPSA) is 24.8 Å². The number of hydrogen-bond donors (Lipinski definition) is 0. The third kappa shape index (κ3) is 1.94. The first-order chi connectivity index (χ1) is 6.59. The van der Waals surface area contributed by atoms with Crippen LogP contribution in [0.4, 0.5) is 0 Å². The van der Waals surface area contributed by atoms with E-state index >= 15 is 0 Å². The molecule has 0 amide bonds. The van der Waals surface area contributed by atoms with Gasteiger partial charge in [-0.25, -0.2) is 4.99 Å². The third-order valence-electron chi connectivity index (χ3n) is 2.34. The smallest absolute Gasteiger partial charge is 0.165 e. The van der Waals surface area contributed by atoms with Crippen LogP contribution in [0.5, 0.6) is 0 Å². The lowest BCUT2D eigenvalue weighted by atomic mass is 10.1. The molecule has 2 aliphatic rings. The maximum absolute atomic E-state index is 5.30. The van der Waals surface area contributed by atoms with Crippen molar-refractivity contribution in [1.82, 2.24) is 4.90 Å².